The minimum absolute atomic E-state index is 0.0943. The maximum absolute atomic E-state index is 13.4. The standard InChI is InChI=1S/2C9H5BrFNO/c10-6-3-5-8(4-7(6)11)12-2-1-9(5)13;10-5-1-2-6-8(9(5)11)7(13)3-4-12-6/h2*1-4H,(H,12,13). The van der Waals surface area contributed by atoms with E-state index in [1.54, 1.807) is 12.1 Å². The number of rotatable bonds is 0. The molecule has 0 amide bonds. The Bertz CT molecular complexity index is 1230. The first kappa shape index (κ1) is 18.5. The summed E-state index contributed by atoms with van der Waals surface area (Å²) in [4.78, 5) is 28.1. The van der Waals surface area contributed by atoms with Gasteiger partial charge in [-0.15, -0.1) is 0 Å². The Balaban J connectivity index is 0.000000151. The summed E-state index contributed by atoms with van der Waals surface area (Å²) in [6.45, 7) is 0. The number of aromatic amines is 2. The number of hydrogen-bond donors (Lipinski definition) is 2. The predicted molar refractivity (Wildman–Crippen MR) is 104 cm³/mol. The van der Waals surface area contributed by atoms with Gasteiger partial charge in [0.1, 0.15) is 5.82 Å². The molecule has 2 N–H and O–H groups in total. The van der Waals surface area contributed by atoms with E-state index >= 15 is 0 Å². The van der Waals surface area contributed by atoms with Crippen LogP contribution in [0.15, 0.2) is 67.3 Å². The van der Waals surface area contributed by atoms with Crippen LogP contribution >= 0.6 is 31.9 Å². The Hall–Kier alpha value is -2.32. The van der Waals surface area contributed by atoms with Gasteiger partial charge in [0, 0.05) is 29.9 Å². The minimum Gasteiger partial charge on any atom is -0.361 e. The van der Waals surface area contributed by atoms with Gasteiger partial charge in [0.15, 0.2) is 16.7 Å². The molecule has 2 heterocycles. The van der Waals surface area contributed by atoms with Crippen molar-refractivity contribution in [3.05, 3.63) is 89.8 Å². The van der Waals surface area contributed by atoms with Crippen LogP contribution in [-0.2, 0) is 0 Å². The summed E-state index contributed by atoms with van der Waals surface area (Å²) in [7, 11) is 0. The summed E-state index contributed by atoms with van der Waals surface area (Å²) in [5, 5.41) is 0.577. The van der Waals surface area contributed by atoms with Gasteiger partial charge in [0.05, 0.1) is 25.4 Å². The second-order valence-corrected chi connectivity index (χ2v) is 6.99. The molecular formula is C18H10Br2F2N2O2. The van der Waals surface area contributed by atoms with Gasteiger partial charge in [-0.2, -0.15) is 0 Å². The molecule has 0 atom stereocenters. The van der Waals surface area contributed by atoms with Crippen molar-refractivity contribution >= 4 is 53.7 Å². The van der Waals surface area contributed by atoms with Crippen molar-refractivity contribution in [3.8, 4) is 0 Å². The lowest BCUT2D eigenvalue weighted by molar-refractivity contribution is 0.622. The Morgan fingerprint density at radius 3 is 2.15 bits per heavy atom. The van der Waals surface area contributed by atoms with Gasteiger partial charge in [0.2, 0.25) is 0 Å². The van der Waals surface area contributed by atoms with E-state index in [2.05, 4.69) is 41.8 Å². The van der Waals surface area contributed by atoms with E-state index in [9.17, 15) is 18.4 Å². The summed E-state index contributed by atoms with van der Waals surface area (Å²) in [6, 6.07) is 8.70. The number of hydrogen-bond acceptors (Lipinski definition) is 2. The molecule has 0 spiro atoms. The van der Waals surface area contributed by atoms with E-state index in [0.29, 0.717) is 25.4 Å². The first-order chi connectivity index (χ1) is 12.4. The van der Waals surface area contributed by atoms with Crippen LogP contribution in [0.5, 0.6) is 0 Å². The quantitative estimate of drug-likeness (QED) is 0.375. The van der Waals surface area contributed by atoms with E-state index in [1.165, 1.54) is 36.7 Å². The number of aromatic nitrogens is 2. The summed E-state index contributed by atoms with van der Waals surface area (Å²) >= 11 is 6.05. The molecule has 0 bridgehead atoms. The summed E-state index contributed by atoms with van der Waals surface area (Å²) in [5.41, 5.74) is 0.586. The van der Waals surface area contributed by atoms with Crippen LogP contribution in [-0.4, -0.2) is 9.97 Å². The van der Waals surface area contributed by atoms with Crippen LogP contribution in [0.4, 0.5) is 8.78 Å². The normalized spacial score (nSPS) is 10.6. The molecule has 0 radical (unpaired) electrons. The maximum Gasteiger partial charge on any atom is 0.192 e. The molecule has 0 fully saturated rings. The molecule has 132 valence electrons. The fourth-order valence-electron chi connectivity index (χ4n) is 2.37. The van der Waals surface area contributed by atoms with Crippen molar-refractivity contribution < 1.29 is 8.78 Å². The number of H-pyrrole nitrogens is 2. The monoisotopic (exact) mass is 482 g/mol. The molecular weight excluding hydrogens is 474 g/mol. The van der Waals surface area contributed by atoms with Crippen LogP contribution in [0, 0.1) is 11.6 Å². The molecule has 0 aliphatic rings. The molecule has 26 heavy (non-hydrogen) atoms. The SMILES string of the molecule is O=c1cc[nH]c2cc(F)c(Br)cc12.O=c1cc[nH]c2ccc(Br)c(F)c12. The van der Waals surface area contributed by atoms with Crippen molar-refractivity contribution in [1.82, 2.24) is 9.97 Å². The number of halogens is 4. The summed E-state index contributed by atoms with van der Waals surface area (Å²) in [6.07, 6.45) is 3.00. The lowest BCUT2D eigenvalue weighted by Crippen LogP contribution is -2.02. The van der Waals surface area contributed by atoms with E-state index in [0.717, 1.165) is 0 Å². The lowest BCUT2D eigenvalue weighted by atomic mass is 10.2. The van der Waals surface area contributed by atoms with Gasteiger partial charge >= 0.3 is 0 Å². The Kier molecular flexibility index (Phi) is 5.33. The molecule has 0 saturated carbocycles. The van der Waals surface area contributed by atoms with Gasteiger partial charge in [-0.05, 0) is 56.1 Å². The summed E-state index contributed by atoms with van der Waals surface area (Å²) < 4.78 is 27.0. The highest BCUT2D eigenvalue weighted by atomic mass is 79.9. The Labute approximate surface area is 162 Å². The highest BCUT2D eigenvalue weighted by Crippen LogP contribution is 2.21. The zero-order valence-electron chi connectivity index (χ0n) is 12.9. The van der Waals surface area contributed by atoms with Crippen LogP contribution in [0.25, 0.3) is 21.8 Å². The van der Waals surface area contributed by atoms with Gasteiger partial charge < -0.3 is 9.97 Å². The molecule has 0 saturated heterocycles. The van der Waals surface area contributed by atoms with Crippen molar-refractivity contribution in [2.24, 2.45) is 0 Å². The van der Waals surface area contributed by atoms with Crippen molar-refractivity contribution in [2.45, 2.75) is 0 Å². The second kappa shape index (κ2) is 7.51. The fraction of sp³-hybridized carbons (Fsp3) is 0. The van der Waals surface area contributed by atoms with Crippen LogP contribution in [0.3, 0.4) is 0 Å². The van der Waals surface area contributed by atoms with Crippen molar-refractivity contribution in [3.63, 3.8) is 0 Å². The second-order valence-electron chi connectivity index (χ2n) is 5.28. The molecule has 4 aromatic rings. The number of pyridine rings is 2. The molecule has 4 nitrogen and oxygen atoms in total. The van der Waals surface area contributed by atoms with Crippen LogP contribution < -0.4 is 10.9 Å². The van der Waals surface area contributed by atoms with Crippen molar-refractivity contribution in [2.75, 3.05) is 0 Å². The van der Waals surface area contributed by atoms with E-state index in [-0.39, 0.29) is 22.1 Å². The highest BCUT2D eigenvalue weighted by molar-refractivity contribution is 9.10. The fourth-order valence-corrected chi connectivity index (χ4v) is 3.04. The zero-order chi connectivity index (χ0) is 18.8. The minimum atomic E-state index is -0.514. The van der Waals surface area contributed by atoms with Crippen LogP contribution in [0.1, 0.15) is 0 Å². The molecule has 2 aromatic carbocycles. The Morgan fingerprint density at radius 2 is 1.42 bits per heavy atom. The molecule has 8 heteroatoms. The number of nitrogens with one attached hydrogen (secondary N) is 2. The highest BCUT2D eigenvalue weighted by Gasteiger charge is 2.07. The van der Waals surface area contributed by atoms with Gasteiger partial charge in [-0.3, -0.25) is 9.59 Å². The Morgan fingerprint density at radius 1 is 0.769 bits per heavy atom. The predicted octanol–water partition coefficient (Wildman–Crippen LogP) is 4.86. The lowest BCUT2D eigenvalue weighted by Gasteiger charge is -1.99. The number of benzene rings is 2. The first-order valence-corrected chi connectivity index (χ1v) is 8.89. The van der Waals surface area contributed by atoms with Gasteiger partial charge in [-0.25, -0.2) is 8.78 Å². The largest absolute Gasteiger partial charge is 0.361 e. The zero-order valence-corrected chi connectivity index (χ0v) is 16.1. The third-order valence-corrected chi connectivity index (χ3v) is 4.83. The third kappa shape index (κ3) is 3.61. The third-order valence-electron chi connectivity index (χ3n) is 3.61. The topological polar surface area (TPSA) is 65.7 Å². The van der Waals surface area contributed by atoms with Gasteiger partial charge in [-0.1, -0.05) is 0 Å². The smallest absolute Gasteiger partial charge is 0.192 e. The average Bonchev–Trinajstić information content (AvgIpc) is 2.61. The molecule has 2 aromatic heterocycles. The van der Waals surface area contributed by atoms with Gasteiger partial charge in [0.25, 0.3) is 0 Å². The molecule has 0 aliphatic carbocycles. The van der Waals surface area contributed by atoms with Crippen molar-refractivity contribution in [1.29, 1.82) is 0 Å². The van der Waals surface area contributed by atoms with E-state index < -0.39 is 5.82 Å². The van der Waals surface area contributed by atoms with E-state index in [4.69, 9.17) is 0 Å². The first-order valence-electron chi connectivity index (χ1n) is 7.30. The number of fused-ring (bicyclic) bond motifs is 2. The average molecular weight is 484 g/mol. The maximum atomic E-state index is 13.4. The molecule has 4 rings (SSSR count). The van der Waals surface area contributed by atoms with E-state index in [1.807, 2.05) is 0 Å². The molecule has 0 aliphatic heterocycles. The van der Waals surface area contributed by atoms with Crippen LogP contribution in [0.2, 0.25) is 0 Å². The summed E-state index contributed by atoms with van der Waals surface area (Å²) in [5.74, 6) is -0.895. The molecule has 0 unspecified atom stereocenters.